The zero-order valence-electron chi connectivity index (χ0n) is 9.15. The molecule has 0 atom stereocenters. The number of halogens is 2. The number of rotatable bonds is 1. The number of H-pyrrole nitrogens is 1. The maximum atomic E-state index is 6.03. The summed E-state index contributed by atoms with van der Waals surface area (Å²) in [5, 5.41) is 0.693. The summed E-state index contributed by atoms with van der Waals surface area (Å²) in [7, 11) is 0. The van der Waals surface area contributed by atoms with Gasteiger partial charge < -0.3 is 4.98 Å². The third-order valence-corrected chi connectivity index (χ3v) is 3.72. The van der Waals surface area contributed by atoms with E-state index in [1.165, 1.54) is 0 Å². The van der Waals surface area contributed by atoms with E-state index in [-0.39, 0.29) is 0 Å². The second-order valence-corrected chi connectivity index (χ2v) is 5.65. The van der Waals surface area contributed by atoms with Crippen molar-refractivity contribution < 1.29 is 0 Å². The summed E-state index contributed by atoms with van der Waals surface area (Å²) in [6.45, 7) is 0. The summed E-state index contributed by atoms with van der Waals surface area (Å²) < 4.78 is 3.64. The van der Waals surface area contributed by atoms with Crippen molar-refractivity contribution in [2.45, 2.75) is 0 Å². The van der Waals surface area contributed by atoms with E-state index >= 15 is 0 Å². The first-order valence-corrected chi connectivity index (χ1v) is 6.89. The average molecular weight is 340 g/mol. The van der Waals surface area contributed by atoms with Crippen LogP contribution in [0.5, 0.6) is 0 Å². The lowest BCUT2D eigenvalue weighted by molar-refractivity contribution is 1.06. The van der Waals surface area contributed by atoms with Gasteiger partial charge in [-0.05, 0) is 48.6 Å². The van der Waals surface area contributed by atoms with E-state index in [1.54, 1.807) is 0 Å². The van der Waals surface area contributed by atoms with E-state index in [2.05, 4.69) is 20.9 Å². The van der Waals surface area contributed by atoms with Crippen LogP contribution in [0.15, 0.2) is 46.9 Å². The standard InChI is InChI=1S/C13H8BrClN2S/c14-8-4-5-11-12(6-8)17(13(18)16-11)10-3-1-2-9(15)7-10/h1-7H,(H,16,18). The average Bonchev–Trinajstić information content (AvgIpc) is 2.64. The summed E-state index contributed by atoms with van der Waals surface area (Å²) in [6.07, 6.45) is 0. The van der Waals surface area contributed by atoms with Crippen LogP contribution in [0.25, 0.3) is 16.7 Å². The lowest BCUT2D eigenvalue weighted by Crippen LogP contribution is -1.93. The van der Waals surface area contributed by atoms with Crippen molar-refractivity contribution >= 4 is 50.8 Å². The number of hydrogen-bond acceptors (Lipinski definition) is 1. The number of benzene rings is 2. The molecular weight excluding hydrogens is 332 g/mol. The molecule has 0 bridgehead atoms. The fourth-order valence-electron chi connectivity index (χ4n) is 1.95. The third-order valence-electron chi connectivity index (χ3n) is 2.71. The van der Waals surface area contributed by atoms with Crippen LogP contribution < -0.4 is 0 Å². The van der Waals surface area contributed by atoms with Gasteiger partial charge in [0.25, 0.3) is 0 Å². The number of nitrogens with one attached hydrogen (secondary N) is 1. The van der Waals surface area contributed by atoms with Gasteiger partial charge in [-0.15, -0.1) is 0 Å². The smallest absolute Gasteiger partial charge is 0.182 e. The zero-order valence-corrected chi connectivity index (χ0v) is 12.3. The Hall–Kier alpha value is -1.10. The molecule has 5 heteroatoms. The Bertz CT molecular complexity index is 791. The molecular formula is C13H8BrClN2S. The van der Waals surface area contributed by atoms with Crippen LogP contribution in [0.3, 0.4) is 0 Å². The Labute approximate surface area is 122 Å². The number of hydrogen-bond donors (Lipinski definition) is 1. The Morgan fingerprint density at radius 1 is 1.17 bits per heavy atom. The topological polar surface area (TPSA) is 20.7 Å². The summed E-state index contributed by atoms with van der Waals surface area (Å²) in [5.41, 5.74) is 2.98. The van der Waals surface area contributed by atoms with E-state index < -0.39 is 0 Å². The Kier molecular flexibility index (Phi) is 3.01. The molecule has 2 aromatic carbocycles. The lowest BCUT2D eigenvalue weighted by atomic mass is 10.3. The summed E-state index contributed by atoms with van der Waals surface area (Å²) in [4.78, 5) is 3.19. The maximum Gasteiger partial charge on any atom is 0.182 e. The molecule has 1 N–H and O–H groups in total. The molecule has 0 saturated carbocycles. The first kappa shape index (κ1) is 12.0. The number of nitrogens with zero attached hydrogens (tertiary/aromatic N) is 1. The second-order valence-electron chi connectivity index (χ2n) is 3.91. The van der Waals surface area contributed by atoms with E-state index in [0.717, 1.165) is 21.2 Å². The Morgan fingerprint density at radius 3 is 2.78 bits per heavy atom. The summed E-state index contributed by atoms with van der Waals surface area (Å²) in [5.74, 6) is 0. The van der Waals surface area contributed by atoms with Gasteiger partial charge >= 0.3 is 0 Å². The van der Waals surface area contributed by atoms with Gasteiger partial charge in [0.1, 0.15) is 0 Å². The molecule has 3 rings (SSSR count). The van der Waals surface area contributed by atoms with Crippen LogP contribution >= 0.6 is 39.7 Å². The molecule has 0 unspecified atom stereocenters. The molecule has 0 aliphatic rings. The highest BCUT2D eigenvalue weighted by atomic mass is 79.9. The van der Waals surface area contributed by atoms with Gasteiger partial charge in [-0.2, -0.15) is 0 Å². The molecule has 0 spiro atoms. The molecule has 90 valence electrons. The second kappa shape index (κ2) is 4.53. The van der Waals surface area contributed by atoms with Crippen molar-refractivity contribution in [3.05, 3.63) is 56.7 Å². The van der Waals surface area contributed by atoms with Crippen molar-refractivity contribution in [3.8, 4) is 5.69 Å². The Balaban J connectivity index is 2.38. The fraction of sp³-hybridized carbons (Fsp3) is 0. The van der Waals surface area contributed by atoms with Gasteiger partial charge in [0, 0.05) is 15.2 Å². The minimum Gasteiger partial charge on any atom is -0.330 e. The van der Waals surface area contributed by atoms with Crippen molar-refractivity contribution in [2.75, 3.05) is 0 Å². The van der Waals surface area contributed by atoms with Crippen LogP contribution in [-0.4, -0.2) is 9.55 Å². The van der Waals surface area contributed by atoms with Gasteiger partial charge in [-0.25, -0.2) is 0 Å². The largest absolute Gasteiger partial charge is 0.330 e. The van der Waals surface area contributed by atoms with Crippen molar-refractivity contribution in [3.63, 3.8) is 0 Å². The highest BCUT2D eigenvalue weighted by Crippen LogP contribution is 2.24. The molecule has 1 heterocycles. The van der Waals surface area contributed by atoms with Crippen molar-refractivity contribution in [2.24, 2.45) is 0 Å². The third kappa shape index (κ3) is 2.00. The molecule has 0 saturated heterocycles. The summed E-state index contributed by atoms with van der Waals surface area (Å²) in [6, 6.07) is 13.6. The Morgan fingerprint density at radius 2 is 2.00 bits per heavy atom. The number of fused-ring (bicyclic) bond motifs is 1. The van der Waals surface area contributed by atoms with E-state index in [1.807, 2.05) is 47.0 Å². The van der Waals surface area contributed by atoms with E-state index in [9.17, 15) is 0 Å². The van der Waals surface area contributed by atoms with Gasteiger partial charge in [0.15, 0.2) is 4.77 Å². The van der Waals surface area contributed by atoms with Gasteiger partial charge in [0.2, 0.25) is 0 Å². The molecule has 0 radical (unpaired) electrons. The number of aromatic nitrogens is 2. The van der Waals surface area contributed by atoms with Crippen LogP contribution in [-0.2, 0) is 0 Å². The normalized spacial score (nSPS) is 11.0. The van der Waals surface area contributed by atoms with Crippen LogP contribution in [0.4, 0.5) is 0 Å². The van der Waals surface area contributed by atoms with Crippen LogP contribution in [0, 0.1) is 4.77 Å². The predicted molar refractivity (Wildman–Crippen MR) is 81.2 cm³/mol. The van der Waals surface area contributed by atoms with Gasteiger partial charge in [-0.1, -0.05) is 33.6 Å². The van der Waals surface area contributed by atoms with Gasteiger partial charge in [-0.3, -0.25) is 4.57 Å². The SMILES string of the molecule is S=c1[nH]c2ccc(Br)cc2n1-c1cccc(Cl)c1. The molecule has 0 aliphatic heterocycles. The molecule has 0 amide bonds. The highest BCUT2D eigenvalue weighted by Gasteiger charge is 2.07. The molecule has 0 fully saturated rings. The molecule has 2 nitrogen and oxygen atoms in total. The van der Waals surface area contributed by atoms with Crippen molar-refractivity contribution in [1.29, 1.82) is 0 Å². The van der Waals surface area contributed by atoms with Gasteiger partial charge in [0.05, 0.1) is 11.0 Å². The van der Waals surface area contributed by atoms with E-state index in [4.69, 9.17) is 23.8 Å². The summed E-state index contributed by atoms with van der Waals surface area (Å²) >= 11 is 14.9. The van der Waals surface area contributed by atoms with E-state index in [0.29, 0.717) is 9.79 Å². The first-order chi connectivity index (χ1) is 8.65. The van der Waals surface area contributed by atoms with Crippen LogP contribution in [0.1, 0.15) is 0 Å². The highest BCUT2D eigenvalue weighted by molar-refractivity contribution is 9.10. The first-order valence-electron chi connectivity index (χ1n) is 5.31. The maximum absolute atomic E-state index is 6.03. The zero-order chi connectivity index (χ0) is 12.7. The monoisotopic (exact) mass is 338 g/mol. The molecule has 1 aromatic heterocycles. The number of aromatic amines is 1. The molecule has 3 aromatic rings. The van der Waals surface area contributed by atoms with Crippen molar-refractivity contribution in [1.82, 2.24) is 9.55 Å². The molecule has 18 heavy (non-hydrogen) atoms. The number of imidazole rings is 1. The lowest BCUT2D eigenvalue weighted by Gasteiger charge is -2.05. The quantitative estimate of drug-likeness (QED) is 0.611. The predicted octanol–water partition coefficient (Wildman–Crippen LogP) is 5.10. The molecule has 0 aliphatic carbocycles. The van der Waals surface area contributed by atoms with Crippen LogP contribution in [0.2, 0.25) is 5.02 Å². The minimum absolute atomic E-state index is 0.658. The fourth-order valence-corrected chi connectivity index (χ4v) is 2.79. The minimum atomic E-state index is 0.658.